The second kappa shape index (κ2) is 6.29. The molecule has 7 nitrogen and oxygen atoms in total. The number of rotatable bonds is 2. The number of hydrogen-bond acceptors (Lipinski definition) is 6. The van der Waals surface area contributed by atoms with Gasteiger partial charge in [0.15, 0.2) is 0 Å². The van der Waals surface area contributed by atoms with Crippen LogP contribution in [0.2, 0.25) is 0 Å². The van der Waals surface area contributed by atoms with Crippen LogP contribution in [0.4, 0.5) is 5.82 Å². The summed E-state index contributed by atoms with van der Waals surface area (Å²) in [6.07, 6.45) is 4.09. The van der Waals surface area contributed by atoms with Gasteiger partial charge in [-0.3, -0.25) is 9.69 Å². The van der Waals surface area contributed by atoms with E-state index in [0.29, 0.717) is 24.6 Å². The summed E-state index contributed by atoms with van der Waals surface area (Å²) < 4.78 is 0. The van der Waals surface area contributed by atoms with E-state index in [0.717, 1.165) is 37.4 Å². The fourth-order valence-corrected chi connectivity index (χ4v) is 4.20. The van der Waals surface area contributed by atoms with Gasteiger partial charge in [0, 0.05) is 25.2 Å². The van der Waals surface area contributed by atoms with Crippen LogP contribution in [0.5, 0.6) is 0 Å². The molecule has 3 aliphatic rings. The van der Waals surface area contributed by atoms with Crippen molar-refractivity contribution in [3.8, 4) is 0 Å². The smallest absolute Gasteiger partial charge is 0.270 e. The maximum Gasteiger partial charge on any atom is 0.270 e. The molecule has 2 atom stereocenters. The Balaban J connectivity index is 1.61. The predicted molar refractivity (Wildman–Crippen MR) is 90.2 cm³/mol. The van der Waals surface area contributed by atoms with Gasteiger partial charge in [-0.25, -0.2) is 9.97 Å². The first-order valence-corrected chi connectivity index (χ1v) is 8.96. The van der Waals surface area contributed by atoms with E-state index in [1.54, 1.807) is 0 Å². The molecule has 1 amide bonds. The third-order valence-corrected chi connectivity index (χ3v) is 5.39. The van der Waals surface area contributed by atoms with E-state index in [1.165, 1.54) is 19.3 Å². The van der Waals surface area contributed by atoms with Crippen molar-refractivity contribution in [1.29, 1.82) is 0 Å². The zero-order chi connectivity index (χ0) is 16.7. The van der Waals surface area contributed by atoms with Crippen LogP contribution in [0, 0.1) is 6.92 Å². The number of likely N-dealkylation sites (tertiary alicyclic amines) is 1. The highest BCUT2D eigenvalue weighted by atomic mass is 16.3. The average Bonchev–Trinajstić information content (AvgIpc) is 2.97. The van der Waals surface area contributed by atoms with E-state index < -0.39 is 0 Å². The van der Waals surface area contributed by atoms with Crippen LogP contribution in [0.25, 0.3) is 0 Å². The molecule has 0 bridgehead atoms. The number of piperidine rings is 1. The van der Waals surface area contributed by atoms with E-state index in [9.17, 15) is 9.90 Å². The third kappa shape index (κ3) is 2.75. The van der Waals surface area contributed by atoms with Gasteiger partial charge in [-0.1, -0.05) is 6.42 Å². The molecule has 3 aliphatic heterocycles. The highest BCUT2D eigenvalue weighted by molar-refractivity contribution is 5.96. The number of aromatic nitrogens is 2. The van der Waals surface area contributed by atoms with Crippen molar-refractivity contribution in [3.05, 3.63) is 17.1 Å². The number of amides is 1. The molecule has 4 heterocycles. The first-order chi connectivity index (χ1) is 11.6. The van der Waals surface area contributed by atoms with Crippen molar-refractivity contribution in [2.75, 3.05) is 37.6 Å². The number of carbonyl (C=O) groups is 1. The average molecular weight is 331 g/mol. The lowest BCUT2D eigenvalue weighted by Gasteiger charge is -2.33. The summed E-state index contributed by atoms with van der Waals surface area (Å²) in [7, 11) is 0. The number of aliphatic hydroxyl groups excluding tert-OH is 1. The Hall–Kier alpha value is -1.73. The van der Waals surface area contributed by atoms with E-state index >= 15 is 0 Å². The predicted octanol–water partition coefficient (Wildman–Crippen LogP) is 0.106. The van der Waals surface area contributed by atoms with Gasteiger partial charge in [-0.15, -0.1) is 0 Å². The Bertz CT molecular complexity index is 644. The van der Waals surface area contributed by atoms with Gasteiger partial charge in [0.2, 0.25) is 0 Å². The molecule has 24 heavy (non-hydrogen) atoms. The Morgan fingerprint density at radius 2 is 1.96 bits per heavy atom. The molecule has 0 aliphatic carbocycles. The van der Waals surface area contributed by atoms with Crippen LogP contribution < -0.4 is 10.2 Å². The van der Waals surface area contributed by atoms with Crippen LogP contribution in [0.3, 0.4) is 0 Å². The van der Waals surface area contributed by atoms with Crippen LogP contribution in [-0.4, -0.2) is 70.8 Å². The van der Waals surface area contributed by atoms with Gasteiger partial charge in [0.05, 0.1) is 12.1 Å². The Morgan fingerprint density at radius 1 is 1.17 bits per heavy atom. The van der Waals surface area contributed by atoms with Crippen LogP contribution in [0.15, 0.2) is 0 Å². The maximum absolute atomic E-state index is 12.1. The molecule has 2 saturated heterocycles. The Morgan fingerprint density at radius 3 is 2.75 bits per heavy atom. The summed E-state index contributed by atoms with van der Waals surface area (Å²) in [5, 5.41) is 13.4. The monoisotopic (exact) mass is 331 g/mol. The summed E-state index contributed by atoms with van der Waals surface area (Å²) in [6.45, 7) is 5.92. The van der Waals surface area contributed by atoms with E-state index in [2.05, 4.69) is 25.1 Å². The normalized spacial score (nSPS) is 27.9. The van der Waals surface area contributed by atoms with Crippen molar-refractivity contribution in [3.63, 3.8) is 0 Å². The Kier molecular flexibility index (Phi) is 4.14. The van der Waals surface area contributed by atoms with Gasteiger partial charge in [-0.05, 0) is 39.3 Å². The van der Waals surface area contributed by atoms with Crippen molar-refractivity contribution >= 4 is 11.7 Å². The molecule has 1 aromatic heterocycles. The third-order valence-electron chi connectivity index (χ3n) is 5.39. The van der Waals surface area contributed by atoms with Gasteiger partial charge in [0.25, 0.3) is 5.91 Å². The molecule has 1 aromatic rings. The molecule has 4 rings (SSSR count). The lowest BCUT2D eigenvalue weighted by Crippen LogP contribution is -2.45. The lowest BCUT2D eigenvalue weighted by molar-refractivity contribution is 0.0706. The van der Waals surface area contributed by atoms with Gasteiger partial charge >= 0.3 is 0 Å². The number of β-amino-alcohol motifs (C(OH)–C–C–N with tert-alkyl or cyclic N) is 1. The van der Waals surface area contributed by atoms with Crippen LogP contribution in [0.1, 0.15) is 41.1 Å². The molecule has 130 valence electrons. The number of nitrogens with one attached hydrogen (secondary N) is 1. The molecule has 2 N–H and O–H groups in total. The fraction of sp³-hybridized carbons (Fsp3) is 0.706. The SMILES string of the molecule is Cc1nc2c(c(N3C[C@H](O)[C@@H](N4CCCCC4)C3)n1)CCNC2=O. The summed E-state index contributed by atoms with van der Waals surface area (Å²) >= 11 is 0. The molecule has 0 unspecified atom stereocenters. The number of carbonyl (C=O) groups excluding carboxylic acids is 1. The number of nitrogens with zero attached hydrogens (tertiary/aromatic N) is 4. The zero-order valence-electron chi connectivity index (χ0n) is 14.2. The zero-order valence-corrected chi connectivity index (χ0v) is 14.2. The number of hydrogen-bond donors (Lipinski definition) is 2. The quantitative estimate of drug-likeness (QED) is 0.800. The van der Waals surface area contributed by atoms with Crippen LogP contribution >= 0.6 is 0 Å². The summed E-state index contributed by atoms with van der Waals surface area (Å²) in [6, 6.07) is 0.161. The van der Waals surface area contributed by atoms with E-state index in [-0.39, 0.29) is 18.1 Å². The molecule has 2 fully saturated rings. The van der Waals surface area contributed by atoms with Crippen molar-refractivity contribution in [1.82, 2.24) is 20.2 Å². The maximum atomic E-state index is 12.1. The second-order valence-electron chi connectivity index (χ2n) is 7.06. The first-order valence-electron chi connectivity index (χ1n) is 8.96. The molecular weight excluding hydrogens is 306 g/mol. The first kappa shape index (κ1) is 15.8. The minimum atomic E-state index is -0.369. The topological polar surface area (TPSA) is 81.6 Å². The van der Waals surface area contributed by atoms with Gasteiger partial charge in [-0.2, -0.15) is 0 Å². The molecule has 0 aromatic carbocycles. The molecule has 7 heteroatoms. The highest BCUT2D eigenvalue weighted by Gasteiger charge is 2.38. The summed E-state index contributed by atoms with van der Waals surface area (Å²) in [5.74, 6) is 1.33. The fourth-order valence-electron chi connectivity index (χ4n) is 4.20. The summed E-state index contributed by atoms with van der Waals surface area (Å²) in [5.41, 5.74) is 1.43. The molecule has 0 radical (unpaired) electrons. The van der Waals surface area contributed by atoms with Gasteiger partial charge in [0.1, 0.15) is 17.3 Å². The second-order valence-corrected chi connectivity index (χ2v) is 7.06. The van der Waals surface area contributed by atoms with Gasteiger partial charge < -0.3 is 15.3 Å². The van der Waals surface area contributed by atoms with Crippen molar-refractivity contribution in [2.45, 2.75) is 44.8 Å². The Labute approximate surface area is 142 Å². The molecule has 0 saturated carbocycles. The summed E-state index contributed by atoms with van der Waals surface area (Å²) in [4.78, 5) is 25.6. The molecular formula is C17H25N5O2. The number of aliphatic hydroxyl groups is 1. The van der Waals surface area contributed by atoms with E-state index in [1.807, 2.05) is 6.92 Å². The highest BCUT2D eigenvalue weighted by Crippen LogP contribution is 2.29. The number of fused-ring (bicyclic) bond motifs is 1. The number of aryl methyl sites for hydroxylation is 1. The van der Waals surface area contributed by atoms with Crippen molar-refractivity contribution < 1.29 is 9.90 Å². The minimum Gasteiger partial charge on any atom is -0.390 e. The number of anilines is 1. The molecule has 0 spiro atoms. The van der Waals surface area contributed by atoms with Crippen molar-refractivity contribution in [2.24, 2.45) is 0 Å². The van der Waals surface area contributed by atoms with Crippen LogP contribution in [-0.2, 0) is 6.42 Å². The minimum absolute atomic E-state index is 0.115. The lowest BCUT2D eigenvalue weighted by atomic mass is 10.1. The standard InChI is InChI=1S/C17H25N5O2/c1-11-19-15-12(5-6-18-17(15)24)16(20-11)22-9-13(14(23)10-22)21-7-3-2-4-8-21/h13-14,23H,2-10H2,1H3,(H,18,24)/t13-,14-/m0/s1. The van der Waals surface area contributed by atoms with E-state index in [4.69, 9.17) is 0 Å². The largest absolute Gasteiger partial charge is 0.390 e.